The van der Waals surface area contributed by atoms with Gasteiger partial charge in [0.1, 0.15) is 0 Å². The number of rotatable bonds is 4. The standard InChI is InChI=1S/C19H16N4O/c1-2-15-13-20-18(21-14-15)23(17-11-7-4-8-12-17)19(24)22-16-9-5-3-6-10-16/h2-14H,1H2,(H,22,24). The first-order valence-corrected chi connectivity index (χ1v) is 7.43. The molecule has 3 aromatic rings. The molecule has 3 rings (SSSR count). The molecule has 0 spiro atoms. The quantitative estimate of drug-likeness (QED) is 0.771. The van der Waals surface area contributed by atoms with Crippen molar-refractivity contribution in [1.82, 2.24) is 9.97 Å². The van der Waals surface area contributed by atoms with E-state index < -0.39 is 0 Å². The van der Waals surface area contributed by atoms with Crippen molar-refractivity contribution in [2.45, 2.75) is 0 Å². The molecule has 24 heavy (non-hydrogen) atoms. The van der Waals surface area contributed by atoms with Crippen LogP contribution in [0.1, 0.15) is 5.56 Å². The van der Waals surface area contributed by atoms with Crippen molar-refractivity contribution < 1.29 is 4.79 Å². The fourth-order valence-corrected chi connectivity index (χ4v) is 2.15. The number of urea groups is 1. The van der Waals surface area contributed by atoms with Gasteiger partial charge in [-0.3, -0.25) is 0 Å². The van der Waals surface area contributed by atoms with E-state index in [1.54, 1.807) is 18.5 Å². The zero-order chi connectivity index (χ0) is 16.8. The molecule has 1 heterocycles. The molecule has 5 heteroatoms. The van der Waals surface area contributed by atoms with Gasteiger partial charge in [0.15, 0.2) is 0 Å². The number of amides is 2. The first-order chi connectivity index (χ1) is 11.8. The summed E-state index contributed by atoms with van der Waals surface area (Å²) in [4.78, 5) is 22.8. The van der Waals surface area contributed by atoms with Crippen LogP contribution in [-0.2, 0) is 0 Å². The second-order valence-electron chi connectivity index (χ2n) is 4.99. The summed E-state index contributed by atoms with van der Waals surface area (Å²) in [6, 6.07) is 18.2. The fraction of sp³-hybridized carbons (Fsp3) is 0. The number of anilines is 3. The van der Waals surface area contributed by atoms with Gasteiger partial charge in [-0.2, -0.15) is 0 Å². The van der Waals surface area contributed by atoms with Gasteiger partial charge in [0.05, 0.1) is 5.69 Å². The van der Waals surface area contributed by atoms with Gasteiger partial charge in [-0.15, -0.1) is 0 Å². The Morgan fingerprint density at radius 1 is 0.958 bits per heavy atom. The van der Waals surface area contributed by atoms with Gasteiger partial charge in [0.25, 0.3) is 0 Å². The van der Waals surface area contributed by atoms with E-state index in [-0.39, 0.29) is 6.03 Å². The summed E-state index contributed by atoms with van der Waals surface area (Å²) in [5.41, 5.74) is 2.17. The van der Waals surface area contributed by atoms with Crippen LogP contribution in [0.3, 0.4) is 0 Å². The number of nitrogens with one attached hydrogen (secondary N) is 1. The lowest BCUT2D eigenvalue weighted by atomic mass is 10.3. The Morgan fingerprint density at radius 3 is 2.12 bits per heavy atom. The van der Waals surface area contributed by atoms with Crippen molar-refractivity contribution in [3.63, 3.8) is 0 Å². The minimum absolute atomic E-state index is 0.292. The molecule has 0 bridgehead atoms. The Labute approximate surface area is 140 Å². The van der Waals surface area contributed by atoms with E-state index in [4.69, 9.17) is 0 Å². The van der Waals surface area contributed by atoms with Gasteiger partial charge in [-0.05, 0) is 24.3 Å². The predicted molar refractivity (Wildman–Crippen MR) is 96.2 cm³/mol. The van der Waals surface area contributed by atoms with Gasteiger partial charge in [-0.1, -0.05) is 49.1 Å². The average molecular weight is 316 g/mol. The molecule has 118 valence electrons. The maximum atomic E-state index is 12.8. The highest BCUT2D eigenvalue weighted by Crippen LogP contribution is 2.23. The molecule has 2 amide bonds. The van der Waals surface area contributed by atoms with Crippen molar-refractivity contribution >= 4 is 29.4 Å². The lowest BCUT2D eigenvalue weighted by molar-refractivity contribution is 0.258. The maximum absolute atomic E-state index is 12.8. The smallest absolute Gasteiger partial charge is 0.307 e. The zero-order valence-corrected chi connectivity index (χ0v) is 13.0. The van der Waals surface area contributed by atoms with E-state index in [1.165, 1.54) is 4.90 Å². The molecule has 1 aromatic heterocycles. The van der Waals surface area contributed by atoms with Crippen LogP contribution < -0.4 is 10.2 Å². The Kier molecular flexibility index (Phi) is 4.62. The van der Waals surface area contributed by atoms with Gasteiger partial charge >= 0.3 is 6.03 Å². The first kappa shape index (κ1) is 15.4. The molecule has 0 radical (unpaired) electrons. The highest BCUT2D eigenvalue weighted by atomic mass is 16.2. The third kappa shape index (κ3) is 3.47. The number of nitrogens with zero attached hydrogens (tertiary/aromatic N) is 3. The zero-order valence-electron chi connectivity index (χ0n) is 13.0. The van der Waals surface area contributed by atoms with E-state index in [0.29, 0.717) is 17.3 Å². The van der Waals surface area contributed by atoms with Crippen LogP contribution in [0.5, 0.6) is 0 Å². The van der Waals surface area contributed by atoms with E-state index in [2.05, 4.69) is 21.9 Å². The number of hydrogen-bond acceptors (Lipinski definition) is 3. The summed E-state index contributed by atoms with van der Waals surface area (Å²) in [5.74, 6) is 0.292. The molecule has 0 aliphatic rings. The monoisotopic (exact) mass is 316 g/mol. The van der Waals surface area contributed by atoms with Gasteiger partial charge < -0.3 is 5.32 Å². The molecule has 0 saturated heterocycles. The second kappa shape index (κ2) is 7.19. The number of aromatic nitrogens is 2. The average Bonchev–Trinajstić information content (AvgIpc) is 2.64. The third-order valence-corrected chi connectivity index (χ3v) is 3.34. The number of hydrogen-bond donors (Lipinski definition) is 1. The Balaban J connectivity index is 1.95. The van der Waals surface area contributed by atoms with Crippen LogP contribution in [0, 0.1) is 0 Å². The van der Waals surface area contributed by atoms with E-state index in [0.717, 1.165) is 5.56 Å². The summed E-state index contributed by atoms with van der Waals surface area (Å²) in [6.07, 6.45) is 4.91. The fourth-order valence-electron chi connectivity index (χ4n) is 2.15. The Morgan fingerprint density at radius 2 is 1.54 bits per heavy atom. The van der Waals surface area contributed by atoms with Crippen LogP contribution in [0.2, 0.25) is 0 Å². The lowest BCUT2D eigenvalue weighted by Crippen LogP contribution is -2.32. The lowest BCUT2D eigenvalue weighted by Gasteiger charge is -2.21. The van der Waals surface area contributed by atoms with E-state index in [9.17, 15) is 4.79 Å². The minimum Gasteiger partial charge on any atom is -0.307 e. The van der Waals surface area contributed by atoms with Crippen molar-refractivity contribution in [3.8, 4) is 0 Å². The van der Waals surface area contributed by atoms with Crippen LogP contribution in [-0.4, -0.2) is 16.0 Å². The van der Waals surface area contributed by atoms with E-state index >= 15 is 0 Å². The number of para-hydroxylation sites is 2. The third-order valence-electron chi connectivity index (χ3n) is 3.34. The summed E-state index contributed by atoms with van der Waals surface area (Å²) in [7, 11) is 0. The number of carbonyl (C=O) groups excluding carboxylic acids is 1. The van der Waals surface area contributed by atoms with Gasteiger partial charge in [0.2, 0.25) is 5.95 Å². The molecular weight excluding hydrogens is 300 g/mol. The van der Waals surface area contributed by atoms with Crippen LogP contribution in [0.15, 0.2) is 79.6 Å². The molecule has 0 atom stereocenters. The summed E-state index contributed by atoms with van der Waals surface area (Å²) in [6.45, 7) is 3.68. The normalized spacial score (nSPS) is 10.0. The predicted octanol–water partition coefficient (Wildman–Crippen LogP) is 4.49. The summed E-state index contributed by atoms with van der Waals surface area (Å²) >= 11 is 0. The molecule has 2 aromatic carbocycles. The first-order valence-electron chi connectivity index (χ1n) is 7.43. The Hall–Kier alpha value is -3.47. The molecule has 1 N–H and O–H groups in total. The number of benzene rings is 2. The highest BCUT2D eigenvalue weighted by molar-refractivity contribution is 6.05. The summed E-state index contributed by atoms with van der Waals surface area (Å²) < 4.78 is 0. The highest BCUT2D eigenvalue weighted by Gasteiger charge is 2.20. The van der Waals surface area contributed by atoms with Gasteiger partial charge in [-0.25, -0.2) is 19.7 Å². The van der Waals surface area contributed by atoms with Crippen LogP contribution in [0.25, 0.3) is 6.08 Å². The Bertz CT molecular complexity index is 817. The van der Waals surface area contributed by atoms with E-state index in [1.807, 2.05) is 60.7 Å². The molecule has 0 unspecified atom stereocenters. The molecular formula is C19H16N4O. The number of carbonyl (C=O) groups is 1. The molecule has 5 nitrogen and oxygen atoms in total. The van der Waals surface area contributed by atoms with Crippen molar-refractivity contribution in [2.75, 3.05) is 10.2 Å². The largest absolute Gasteiger partial charge is 0.333 e. The maximum Gasteiger partial charge on any atom is 0.333 e. The van der Waals surface area contributed by atoms with Crippen molar-refractivity contribution in [2.24, 2.45) is 0 Å². The topological polar surface area (TPSA) is 58.1 Å². The molecule has 0 aliphatic carbocycles. The molecule has 0 aliphatic heterocycles. The van der Waals surface area contributed by atoms with Crippen molar-refractivity contribution in [1.29, 1.82) is 0 Å². The second-order valence-corrected chi connectivity index (χ2v) is 4.99. The minimum atomic E-state index is -0.334. The molecule has 0 saturated carbocycles. The van der Waals surface area contributed by atoms with Gasteiger partial charge in [0, 0.05) is 23.6 Å². The van der Waals surface area contributed by atoms with Crippen LogP contribution >= 0.6 is 0 Å². The van der Waals surface area contributed by atoms with Crippen LogP contribution in [0.4, 0.5) is 22.1 Å². The van der Waals surface area contributed by atoms with Crippen molar-refractivity contribution in [3.05, 3.63) is 85.2 Å². The summed E-state index contributed by atoms with van der Waals surface area (Å²) in [5, 5.41) is 2.85. The SMILES string of the molecule is C=Cc1cnc(N(C(=O)Nc2ccccc2)c2ccccc2)nc1. The molecule has 0 fully saturated rings.